The Morgan fingerprint density at radius 2 is 2.06 bits per heavy atom. The van der Waals surface area contributed by atoms with Gasteiger partial charge in [-0.3, -0.25) is 9.48 Å². The standard InChI is InChI=1S/C24H28N4O3S2/c1-3-31-23(30)22-19-14-27(21(29)16-33-24-25-17(2)15-32-24)13-11-20(19)28(26-22)12-7-10-18-8-5-4-6-9-18/h4-6,8-9,15H,3,7,10-14,16H2,1-2H3. The summed E-state index contributed by atoms with van der Waals surface area (Å²) in [6.45, 7) is 5.76. The Bertz CT molecular complexity index is 1110. The average Bonchev–Trinajstić information content (AvgIpc) is 3.41. The van der Waals surface area contributed by atoms with Crippen LogP contribution in [-0.2, 0) is 35.5 Å². The van der Waals surface area contributed by atoms with Gasteiger partial charge in [0.25, 0.3) is 0 Å². The van der Waals surface area contributed by atoms with Crippen molar-refractivity contribution in [2.75, 3.05) is 18.9 Å². The molecule has 1 aromatic carbocycles. The van der Waals surface area contributed by atoms with Crippen LogP contribution >= 0.6 is 23.1 Å². The van der Waals surface area contributed by atoms with Crippen LogP contribution in [0.5, 0.6) is 0 Å². The maximum atomic E-state index is 12.9. The minimum atomic E-state index is -0.419. The normalized spacial score (nSPS) is 13.1. The molecule has 9 heteroatoms. The molecular formula is C24H28N4O3S2. The lowest BCUT2D eigenvalue weighted by atomic mass is 10.0. The second kappa shape index (κ2) is 11.0. The van der Waals surface area contributed by atoms with E-state index in [9.17, 15) is 9.59 Å². The van der Waals surface area contributed by atoms with Crippen LogP contribution in [0, 0.1) is 6.92 Å². The quantitative estimate of drug-likeness (QED) is 0.336. The molecule has 0 radical (unpaired) electrons. The first-order valence-corrected chi connectivity index (χ1v) is 13.0. The van der Waals surface area contributed by atoms with E-state index in [-0.39, 0.29) is 5.91 Å². The number of esters is 1. The Hall–Kier alpha value is -2.65. The molecular weight excluding hydrogens is 456 g/mol. The number of carbonyl (C=O) groups excluding carboxylic acids is 2. The van der Waals surface area contributed by atoms with E-state index < -0.39 is 5.97 Å². The number of benzene rings is 1. The number of hydrogen-bond acceptors (Lipinski definition) is 7. The Balaban J connectivity index is 1.45. The van der Waals surface area contributed by atoms with Gasteiger partial charge in [0.05, 0.1) is 12.4 Å². The summed E-state index contributed by atoms with van der Waals surface area (Å²) in [5.41, 5.74) is 4.46. The van der Waals surface area contributed by atoms with Crippen molar-refractivity contribution in [3.8, 4) is 0 Å². The molecule has 3 heterocycles. The van der Waals surface area contributed by atoms with Crippen LogP contribution < -0.4 is 0 Å². The second-order valence-electron chi connectivity index (χ2n) is 7.92. The van der Waals surface area contributed by atoms with Gasteiger partial charge in [0, 0.05) is 48.4 Å². The fraction of sp³-hybridized carbons (Fsp3) is 0.417. The van der Waals surface area contributed by atoms with Gasteiger partial charge in [-0.15, -0.1) is 11.3 Å². The van der Waals surface area contributed by atoms with Crippen molar-refractivity contribution in [1.82, 2.24) is 19.7 Å². The van der Waals surface area contributed by atoms with Gasteiger partial charge in [-0.2, -0.15) is 5.10 Å². The summed E-state index contributed by atoms with van der Waals surface area (Å²) in [4.78, 5) is 31.7. The summed E-state index contributed by atoms with van der Waals surface area (Å²) in [7, 11) is 0. The topological polar surface area (TPSA) is 77.3 Å². The van der Waals surface area contributed by atoms with Gasteiger partial charge in [-0.1, -0.05) is 42.1 Å². The number of aryl methyl sites for hydroxylation is 3. The molecule has 3 aromatic rings. The zero-order chi connectivity index (χ0) is 23.2. The number of amides is 1. The number of ether oxygens (including phenoxy) is 1. The molecule has 0 spiro atoms. The molecule has 0 unspecified atom stereocenters. The summed E-state index contributed by atoms with van der Waals surface area (Å²) in [6.07, 6.45) is 2.55. The van der Waals surface area contributed by atoms with E-state index in [1.165, 1.54) is 17.3 Å². The van der Waals surface area contributed by atoms with E-state index in [2.05, 4.69) is 22.2 Å². The smallest absolute Gasteiger partial charge is 0.359 e. The monoisotopic (exact) mass is 484 g/mol. The van der Waals surface area contributed by atoms with Gasteiger partial charge < -0.3 is 9.64 Å². The Morgan fingerprint density at radius 3 is 2.79 bits per heavy atom. The SMILES string of the molecule is CCOC(=O)c1nn(CCCc2ccccc2)c2c1CN(C(=O)CSc1nc(C)cs1)CC2. The first-order chi connectivity index (χ1) is 16.0. The fourth-order valence-corrected chi connectivity index (χ4v) is 5.70. The third-order valence-electron chi connectivity index (χ3n) is 5.55. The predicted octanol–water partition coefficient (Wildman–Crippen LogP) is 4.13. The summed E-state index contributed by atoms with van der Waals surface area (Å²) < 4.78 is 8.10. The van der Waals surface area contributed by atoms with Crippen LogP contribution in [0.15, 0.2) is 40.1 Å². The van der Waals surface area contributed by atoms with Crippen molar-refractivity contribution in [2.24, 2.45) is 0 Å². The van der Waals surface area contributed by atoms with Crippen molar-refractivity contribution < 1.29 is 14.3 Å². The molecule has 0 aliphatic carbocycles. The minimum Gasteiger partial charge on any atom is -0.461 e. The molecule has 7 nitrogen and oxygen atoms in total. The van der Waals surface area contributed by atoms with Gasteiger partial charge in [-0.25, -0.2) is 9.78 Å². The van der Waals surface area contributed by atoms with Gasteiger partial charge in [0.15, 0.2) is 10.0 Å². The third kappa shape index (κ3) is 5.83. The number of nitrogens with zero attached hydrogens (tertiary/aromatic N) is 4. The van der Waals surface area contributed by atoms with Crippen molar-refractivity contribution in [3.63, 3.8) is 0 Å². The molecule has 1 aliphatic heterocycles. The average molecular weight is 485 g/mol. The van der Waals surface area contributed by atoms with Crippen LogP contribution in [0.1, 0.15) is 46.3 Å². The number of hydrogen-bond donors (Lipinski definition) is 0. The number of thioether (sulfide) groups is 1. The van der Waals surface area contributed by atoms with E-state index in [1.54, 1.807) is 18.3 Å². The molecule has 174 valence electrons. The van der Waals surface area contributed by atoms with Gasteiger partial charge >= 0.3 is 5.97 Å². The highest BCUT2D eigenvalue weighted by atomic mass is 32.2. The molecule has 4 rings (SSSR count). The van der Waals surface area contributed by atoms with Crippen LogP contribution in [0.3, 0.4) is 0 Å². The molecule has 0 bridgehead atoms. The predicted molar refractivity (Wildman–Crippen MR) is 130 cm³/mol. The molecule has 0 atom stereocenters. The number of fused-ring (bicyclic) bond motifs is 1. The van der Waals surface area contributed by atoms with Crippen molar-refractivity contribution in [2.45, 2.75) is 50.5 Å². The van der Waals surface area contributed by atoms with Crippen molar-refractivity contribution in [1.29, 1.82) is 0 Å². The lowest BCUT2D eigenvalue weighted by Crippen LogP contribution is -2.37. The molecule has 0 saturated carbocycles. The highest BCUT2D eigenvalue weighted by molar-refractivity contribution is 8.01. The number of carbonyl (C=O) groups is 2. The van der Waals surface area contributed by atoms with Crippen molar-refractivity contribution in [3.05, 3.63) is 63.9 Å². The Kier molecular flexibility index (Phi) is 7.82. The summed E-state index contributed by atoms with van der Waals surface area (Å²) in [5, 5.41) is 6.61. The van der Waals surface area contributed by atoms with Crippen LogP contribution in [0.25, 0.3) is 0 Å². The lowest BCUT2D eigenvalue weighted by molar-refractivity contribution is -0.129. The maximum Gasteiger partial charge on any atom is 0.359 e. The lowest BCUT2D eigenvalue weighted by Gasteiger charge is -2.27. The number of aromatic nitrogens is 3. The van der Waals surface area contributed by atoms with Crippen LogP contribution in [0.2, 0.25) is 0 Å². The highest BCUT2D eigenvalue weighted by Gasteiger charge is 2.30. The molecule has 2 aromatic heterocycles. The first-order valence-electron chi connectivity index (χ1n) is 11.2. The highest BCUT2D eigenvalue weighted by Crippen LogP contribution is 2.27. The maximum absolute atomic E-state index is 12.9. The Labute approximate surface area is 202 Å². The minimum absolute atomic E-state index is 0.0464. The van der Waals surface area contributed by atoms with E-state index in [0.29, 0.717) is 37.6 Å². The molecule has 1 aliphatic rings. The molecule has 0 fully saturated rings. The molecule has 0 N–H and O–H groups in total. The number of thiazole rings is 1. The third-order valence-corrected chi connectivity index (χ3v) is 7.67. The largest absolute Gasteiger partial charge is 0.461 e. The summed E-state index contributed by atoms with van der Waals surface area (Å²) >= 11 is 3.02. The van der Waals surface area contributed by atoms with Gasteiger partial charge in [0.1, 0.15) is 0 Å². The van der Waals surface area contributed by atoms with E-state index in [4.69, 9.17) is 4.74 Å². The van der Waals surface area contributed by atoms with Crippen LogP contribution in [0.4, 0.5) is 0 Å². The van der Waals surface area contributed by atoms with E-state index in [0.717, 1.165) is 40.7 Å². The first kappa shape index (κ1) is 23.5. The summed E-state index contributed by atoms with van der Waals surface area (Å²) in [5.74, 6) is -0.0370. The second-order valence-corrected chi connectivity index (χ2v) is 10.00. The van der Waals surface area contributed by atoms with E-state index in [1.807, 2.05) is 40.1 Å². The summed E-state index contributed by atoms with van der Waals surface area (Å²) in [6, 6.07) is 10.4. The fourth-order valence-electron chi connectivity index (χ4n) is 3.94. The Morgan fingerprint density at radius 1 is 1.24 bits per heavy atom. The zero-order valence-electron chi connectivity index (χ0n) is 19.0. The molecule has 0 saturated heterocycles. The van der Waals surface area contributed by atoms with Gasteiger partial charge in [-0.05, 0) is 32.3 Å². The van der Waals surface area contributed by atoms with Crippen LogP contribution in [-0.4, -0.2) is 50.4 Å². The number of rotatable bonds is 9. The molecule has 1 amide bonds. The van der Waals surface area contributed by atoms with Gasteiger partial charge in [0.2, 0.25) is 5.91 Å². The molecule has 33 heavy (non-hydrogen) atoms. The van der Waals surface area contributed by atoms with Crippen molar-refractivity contribution >= 4 is 35.0 Å². The van der Waals surface area contributed by atoms with E-state index >= 15 is 0 Å². The zero-order valence-corrected chi connectivity index (χ0v) is 20.6.